The number of nitrogens with one attached hydrogen (secondary N) is 1. The smallest absolute Gasteiger partial charge is 0.416 e. The number of anilines is 2. The summed E-state index contributed by atoms with van der Waals surface area (Å²) in [7, 11) is 2.88. The Balaban J connectivity index is 1.34. The standard InChI is InChI=1S/C32H34F2N6O7/c1-32(2,3)47-31(43)39(14-20-12-21(20)16-44-4)25-13-19(10-11-35-25)29-37-24(17-46-29)28(41)36-23-15-40(38-26(23)27(33)34)22-8-6-18(7-9-22)30(42)45-5/h6-11,13,15,17,20-21,27H,12,14,16H2,1-5H3,(H,36,41). The van der Waals surface area contributed by atoms with Crippen LogP contribution in [-0.4, -0.2) is 70.7 Å². The molecule has 0 spiro atoms. The number of ether oxygens (including phenoxy) is 3. The highest BCUT2D eigenvalue weighted by atomic mass is 19.3. The molecule has 1 fully saturated rings. The molecule has 2 amide bonds. The average Bonchev–Trinajstić information content (AvgIpc) is 3.38. The summed E-state index contributed by atoms with van der Waals surface area (Å²) >= 11 is 0. The van der Waals surface area contributed by atoms with Crippen molar-refractivity contribution in [3.63, 3.8) is 0 Å². The second kappa shape index (κ2) is 13.7. The number of hydrogen-bond donors (Lipinski definition) is 1. The first-order valence-corrected chi connectivity index (χ1v) is 14.7. The molecule has 3 aromatic heterocycles. The van der Waals surface area contributed by atoms with Gasteiger partial charge in [0.1, 0.15) is 17.7 Å². The second-order valence-corrected chi connectivity index (χ2v) is 11.9. The summed E-state index contributed by atoms with van der Waals surface area (Å²) in [4.78, 5) is 48.1. The lowest BCUT2D eigenvalue weighted by Crippen LogP contribution is -2.39. The fraction of sp³-hybridized carbons (Fsp3) is 0.375. The SMILES string of the molecule is COCC1CC1CN(C(=O)OC(C)(C)C)c1cc(-c2nc(C(=O)Nc3cn(-c4ccc(C(=O)OC)cc4)nc3C(F)F)co2)ccn1. The Labute approximate surface area is 268 Å². The highest BCUT2D eigenvalue weighted by Crippen LogP contribution is 2.40. The number of halogens is 2. The number of benzene rings is 1. The fourth-order valence-electron chi connectivity index (χ4n) is 4.81. The van der Waals surface area contributed by atoms with Gasteiger partial charge in [-0.3, -0.25) is 9.69 Å². The molecule has 3 heterocycles. The first-order chi connectivity index (χ1) is 22.4. The van der Waals surface area contributed by atoms with Crippen molar-refractivity contribution >= 4 is 29.5 Å². The predicted octanol–water partition coefficient (Wildman–Crippen LogP) is 5.92. The van der Waals surface area contributed by atoms with E-state index in [2.05, 4.69) is 25.1 Å². The number of methoxy groups -OCH3 is 2. The number of carbonyl (C=O) groups excluding carboxylic acids is 3. The van der Waals surface area contributed by atoms with Gasteiger partial charge in [0.15, 0.2) is 11.4 Å². The Hall–Kier alpha value is -5.18. The maximum atomic E-state index is 13.9. The Morgan fingerprint density at radius 2 is 1.87 bits per heavy atom. The molecular weight excluding hydrogens is 618 g/mol. The number of aromatic nitrogens is 4. The normalized spacial score (nSPS) is 15.7. The average molecular weight is 653 g/mol. The van der Waals surface area contributed by atoms with Crippen LogP contribution in [0, 0.1) is 11.8 Å². The first-order valence-electron chi connectivity index (χ1n) is 14.7. The monoisotopic (exact) mass is 652 g/mol. The molecule has 0 radical (unpaired) electrons. The molecular formula is C32H34F2N6O7. The van der Waals surface area contributed by atoms with Gasteiger partial charge in [-0.2, -0.15) is 5.10 Å². The van der Waals surface area contributed by atoms with E-state index in [0.717, 1.165) is 17.4 Å². The van der Waals surface area contributed by atoms with Crippen molar-refractivity contribution < 1.29 is 41.8 Å². The van der Waals surface area contributed by atoms with E-state index in [4.69, 9.17) is 13.9 Å². The number of carbonyl (C=O) groups is 3. The zero-order valence-electron chi connectivity index (χ0n) is 26.4. The van der Waals surface area contributed by atoms with E-state index in [1.165, 1.54) is 48.7 Å². The lowest BCUT2D eigenvalue weighted by molar-refractivity contribution is 0.0572. The summed E-state index contributed by atoms with van der Waals surface area (Å²) < 4.78 is 50.0. The summed E-state index contributed by atoms with van der Waals surface area (Å²) in [6.07, 6.45) is 1.13. The van der Waals surface area contributed by atoms with E-state index in [9.17, 15) is 23.2 Å². The van der Waals surface area contributed by atoms with Gasteiger partial charge in [0.05, 0.1) is 30.2 Å². The number of esters is 1. The molecule has 0 saturated heterocycles. The van der Waals surface area contributed by atoms with E-state index in [1.807, 2.05) is 0 Å². The maximum absolute atomic E-state index is 13.9. The van der Waals surface area contributed by atoms with Crippen molar-refractivity contribution in [1.29, 1.82) is 0 Å². The van der Waals surface area contributed by atoms with Gasteiger partial charge in [-0.1, -0.05) is 0 Å². The third-order valence-electron chi connectivity index (χ3n) is 7.24. The molecule has 2 unspecified atom stereocenters. The second-order valence-electron chi connectivity index (χ2n) is 11.9. The summed E-state index contributed by atoms with van der Waals surface area (Å²) in [6.45, 7) is 6.28. The Kier molecular flexibility index (Phi) is 9.65. The van der Waals surface area contributed by atoms with Gasteiger partial charge in [-0.25, -0.2) is 33.0 Å². The molecule has 5 rings (SSSR count). The largest absolute Gasteiger partial charge is 0.465 e. The molecule has 15 heteroatoms. The predicted molar refractivity (Wildman–Crippen MR) is 165 cm³/mol. The van der Waals surface area contributed by atoms with Crippen molar-refractivity contribution in [1.82, 2.24) is 19.7 Å². The fourth-order valence-corrected chi connectivity index (χ4v) is 4.81. The van der Waals surface area contributed by atoms with Gasteiger partial charge in [-0.05, 0) is 75.4 Å². The van der Waals surface area contributed by atoms with Crippen molar-refractivity contribution in [3.8, 4) is 17.1 Å². The van der Waals surface area contributed by atoms with Crippen LogP contribution in [0.4, 0.5) is 25.1 Å². The molecule has 248 valence electrons. The van der Waals surface area contributed by atoms with Gasteiger partial charge >= 0.3 is 12.1 Å². The Morgan fingerprint density at radius 3 is 2.53 bits per heavy atom. The molecule has 0 bridgehead atoms. The first kappa shape index (κ1) is 33.2. The molecule has 1 N–H and O–H groups in total. The number of rotatable bonds is 11. The summed E-state index contributed by atoms with van der Waals surface area (Å²) in [6, 6.07) is 9.11. The van der Waals surface area contributed by atoms with Crippen LogP contribution in [0.15, 0.2) is 59.5 Å². The van der Waals surface area contributed by atoms with Crippen LogP contribution in [-0.2, 0) is 14.2 Å². The summed E-state index contributed by atoms with van der Waals surface area (Å²) in [5.74, 6) is -0.481. The number of hydrogen-bond acceptors (Lipinski definition) is 10. The lowest BCUT2D eigenvalue weighted by Gasteiger charge is -2.27. The molecule has 1 aromatic carbocycles. The molecule has 4 aromatic rings. The summed E-state index contributed by atoms with van der Waals surface area (Å²) in [5.41, 5.74) is -0.759. The number of alkyl halides is 2. The zero-order valence-corrected chi connectivity index (χ0v) is 26.4. The van der Waals surface area contributed by atoms with Gasteiger partial charge in [-0.15, -0.1) is 0 Å². The van der Waals surface area contributed by atoms with Crippen LogP contribution in [0.2, 0.25) is 0 Å². The van der Waals surface area contributed by atoms with Crippen LogP contribution in [0.25, 0.3) is 17.1 Å². The number of amides is 2. The molecule has 1 aliphatic rings. The van der Waals surface area contributed by atoms with E-state index >= 15 is 0 Å². The molecule has 1 aliphatic carbocycles. The van der Waals surface area contributed by atoms with E-state index < -0.39 is 35.7 Å². The third kappa shape index (κ3) is 7.98. The van der Waals surface area contributed by atoms with Crippen molar-refractivity contribution in [2.24, 2.45) is 11.8 Å². The van der Waals surface area contributed by atoms with E-state index in [1.54, 1.807) is 40.0 Å². The van der Waals surface area contributed by atoms with Crippen LogP contribution in [0.3, 0.4) is 0 Å². The molecule has 0 aliphatic heterocycles. The molecule has 47 heavy (non-hydrogen) atoms. The van der Waals surface area contributed by atoms with E-state index in [0.29, 0.717) is 36.1 Å². The quantitative estimate of drug-likeness (QED) is 0.193. The van der Waals surface area contributed by atoms with E-state index in [-0.39, 0.29) is 28.8 Å². The third-order valence-corrected chi connectivity index (χ3v) is 7.24. The van der Waals surface area contributed by atoms with Crippen LogP contribution >= 0.6 is 0 Å². The van der Waals surface area contributed by atoms with Gasteiger partial charge in [0.25, 0.3) is 12.3 Å². The molecule has 1 saturated carbocycles. The summed E-state index contributed by atoms with van der Waals surface area (Å²) in [5, 5.41) is 6.33. The van der Waals surface area contributed by atoms with Crippen molar-refractivity contribution in [3.05, 3.63) is 72.0 Å². The zero-order chi connectivity index (χ0) is 33.9. The lowest BCUT2D eigenvalue weighted by atomic mass is 10.2. The minimum Gasteiger partial charge on any atom is -0.465 e. The highest BCUT2D eigenvalue weighted by molar-refractivity contribution is 6.03. The maximum Gasteiger partial charge on any atom is 0.416 e. The van der Waals surface area contributed by atoms with Crippen molar-refractivity contribution in [2.45, 2.75) is 39.2 Å². The number of pyridine rings is 1. The van der Waals surface area contributed by atoms with Crippen LogP contribution in [0.5, 0.6) is 0 Å². The van der Waals surface area contributed by atoms with Crippen molar-refractivity contribution in [2.75, 3.05) is 37.6 Å². The van der Waals surface area contributed by atoms with Gasteiger partial charge in [0, 0.05) is 32.0 Å². The van der Waals surface area contributed by atoms with Gasteiger partial charge < -0.3 is 23.9 Å². The van der Waals surface area contributed by atoms with Crippen LogP contribution < -0.4 is 10.2 Å². The molecule has 13 nitrogen and oxygen atoms in total. The van der Waals surface area contributed by atoms with Gasteiger partial charge in [0.2, 0.25) is 5.89 Å². The topological polar surface area (TPSA) is 151 Å². The van der Waals surface area contributed by atoms with Crippen LogP contribution in [0.1, 0.15) is 60.2 Å². The Morgan fingerprint density at radius 1 is 1.13 bits per heavy atom. The number of oxazole rings is 1. The number of nitrogens with zero attached hydrogens (tertiary/aromatic N) is 5. The minimum atomic E-state index is -3.00. The Bertz CT molecular complexity index is 1750. The molecule has 2 atom stereocenters. The highest BCUT2D eigenvalue weighted by Gasteiger charge is 2.40. The minimum absolute atomic E-state index is 0.0436.